The SMILES string of the molecule is FC(F)(F)c1nc2cc(C(F)(C(F)(F)F)C(F)(F)F)ncc2[nH]1. The minimum Gasteiger partial charge on any atom is -0.333 e. The number of alkyl halides is 10. The molecule has 0 spiro atoms. The number of rotatable bonds is 1. The molecule has 0 unspecified atom stereocenters. The first-order valence-corrected chi connectivity index (χ1v) is 5.43. The van der Waals surface area contributed by atoms with E-state index < -0.39 is 46.7 Å². The number of halogens is 10. The van der Waals surface area contributed by atoms with Crippen LogP contribution in [0.25, 0.3) is 11.0 Å². The topological polar surface area (TPSA) is 41.6 Å². The van der Waals surface area contributed by atoms with Gasteiger partial charge in [-0.15, -0.1) is 0 Å². The highest BCUT2D eigenvalue weighted by molar-refractivity contribution is 5.74. The molecule has 2 heterocycles. The van der Waals surface area contributed by atoms with E-state index in [2.05, 4.69) is 9.97 Å². The predicted molar refractivity (Wildman–Crippen MR) is 53.8 cm³/mol. The van der Waals surface area contributed by atoms with Gasteiger partial charge < -0.3 is 4.98 Å². The predicted octanol–water partition coefficient (Wildman–Crippen LogP) is 4.27. The third-order valence-electron chi connectivity index (χ3n) is 2.77. The first-order valence-electron chi connectivity index (χ1n) is 5.43. The lowest BCUT2D eigenvalue weighted by Gasteiger charge is -2.29. The second-order valence-electron chi connectivity index (χ2n) is 4.32. The Morgan fingerprint density at radius 1 is 0.826 bits per heavy atom. The van der Waals surface area contributed by atoms with Crippen LogP contribution in [0.4, 0.5) is 43.9 Å². The van der Waals surface area contributed by atoms with E-state index in [-0.39, 0.29) is 12.3 Å². The van der Waals surface area contributed by atoms with Gasteiger partial charge in [-0.25, -0.2) is 9.37 Å². The number of hydrogen-bond acceptors (Lipinski definition) is 2. The van der Waals surface area contributed by atoms with Crippen LogP contribution in [0, 0.1) is 0 Å². The summed E-state index contributed by atoms with van der Waals surface area (Å²) < 4.78 is 126. The highest BCUT2D eigenvalue weighted by atomic mass is 19.4. The normalized spacial score (nSPS) is 14.5. The summed E-state index contributed by atoms with van der Waals surface area (Å²) in [5.41, 5.74) is -9.55. The van der Waals surface area contributed by atoms with Gasteiger partial charge in [0.2, 0.25) is 5.82 Å². The minimum absolute atomic E-state index is 0.137. The number of pyridine rings is 1. The van der Waals surface area contributed by atoms with Crippen molar-refractivity contribution in [2.24, 2.45) is 0 Å². The molecule has 0 saturated carbocycles. The second-order valence-corrected chi connectivity index (χ2v) is 4.32. The van der Waals surface area contributed by atoms with E-state index in [0.29, 0.717) is 0 Å². The van der Waals surface area contributed by atoms with Crippen molar-refractivity contribution in [2.45, 2.75) is 24.2 Å². The van der Waals surface area contributed by atoms with Crippen molar-refractivity contribution in [3.63, 3.8) is 0 Å². The van der Waals surface area contributed by atoms with E-state index >= 15 is 0 Å². The van der Waals surface area contributed by atoms with Gasteiger partial charge in [-0.2, -0.15) is 39.5 Å². The van der Waals surface area contributed by atoms with E-state index in [1.807, 2.05) is 0 Å². The fourth-order valence-electron chi connectivity index (χ4n) is 1.68. The smallest absolute Gasteiger partial charge is 0.333 e. The maximum absolute atomic E-state index is 13.7. The summed E-state index contributed by atoms with van der Waals surface area (Å²) in [6.45, 7) is 0. The molecule has 2 aromatic heterocycles. The number of nitrogens with zero attached hydrogens (tertiary/aromatic N) is 2. The molecule has 0 aliphatic heterocycles. The zero-order valence-electron chi connectivity index (χ0n) is 10.3. The van der Waals surface area contributed by atoms with Gasteiger partial charge in [-0.1, -0.05) is 0 Å². The summed E-state index contributed by atoms with van der Waals surface area (Å²) in [6.07, 6.45) is -17.7. The van der Waals surface area contributed by atoms with Gasteiger partial charge in [0.1, 0.15) is 0 Å². The van der Waals surface area contributed by atoms with Gasteiger partial charge in [0.15, 0.2) is 0 Å². The van der Waals surface area contributed by atoms with Gasteiger partial charge in [0.05, 0.1) is 22.9 Å². The monoisotopic (exact) mass is 355 g/mol. The molecule has 0 aromatic carbocycles. The Kier molecular flexibility index (Phi) is 3.54. The average molecular weight is 355 g/mol. The van der Waals surface area contributed by atoms with Gasteiger partial charge >= 0.3 is 24.2 Å². The van der Waals surface area contributed by atoms with Crippen LogP contribution < -0.4 is 0 Å². The summed E-state index contributed by atoms with van der Waals surface area (Å²) >= 11 is 0. The van der Waals surface area contributed by atoms with Crippen LogP contribution in [-0.4, -0.2) is 27.3 Å². The van der Waals surface area contributed by atoms with E-state index in [1.54, 1.807) is 4.98 Å². The number of imidazole rings is 1. The quantitative estimate of drug-likeness (QED) is 0.777. The average Bonchev–Trinajstić information content (AvgIpc) is 2.77. The summed E-state index contributed by atoms with van der Waals surface area (Å²) in [4.78, 5) is 7.06. The number of H-pyrrole nitrogens is 1. The number of nitrogens with one attached hydrogen (secondary N) is 1. The van der Waals surface area contributed by atoms with Gasteiger partial charge in [-0.3, -0.25) is 4.98 Å². The van der Waals surface area contributed by atoms with Gasteiger partial charge in [0.25, 0.3) is 0 Å². The molecule has 0 radical (unpaired) electrons. The summed E-state index contributed by atoms with van der Waals surface area (Å²) in [5.74, 6) is -1.67. The molecular formula is C10H3F10N3. The Bertz CT molecular complexity index is 709. The molecule has 0 aliphatic rings. The van der Waals surface area contributed by atoms with Crippen molar-refractivity contribution in [1.82, 2.24) is 15.0 Å². The fraction of sp³-hybridized carbons (Fsp3) is 0.400. The minimum atomic E-state index is -6.42. The van der Waals surface area contributed by atoms with Crippen molar-refractivity contribution < 1.29 is 43.9 Å². The highest BCUT2D eigenvalue weighted by Gasteiger charge is 2.74. The maximum Gasteiger partial charge on any atom is 0.449 e. The van der Waals surface area contributed by atoms with Crippen LogP contribution in [0.1, 0.15) is 11.5 Å². The lowest BCUT2D eigenvalue weighted by atomic mass is 9.99. The number of aromatic nitrogens is 3. The van der Waals surface area contributed by atoms with Crippen LogP contribution >= 0.6 is 0 Å². The molecule has 0 bridgehead atoms. The van der Waals surface area contributed by atoms with Crippen LogP contribution in [0.5, 0.6) is 0 Å². The molecule has 0 fully saturated rings. The number of hydrogen-bond donors (Lipinski definition) is 1. The summed E-state index contributed by atoms with van der Waals surface area (Å²) in [5, 5.41) is 0. The van der Waals surface area contributed by atoms with Crippen LogP contribution in [0.2, 0.25) is 0 Å². The van der Waals surface area contributed by atoms with E-state index in [1.165, 1.54) is 0 Å². The van der Waals surface area contributed by atoms with Crippen molar-refractivity contribution in [3.8, 4) is 0 Å². The van der Waals surface area contributed by atoms with Crippen molar-refractivity contribution in [1.29, 1.82) is 0 Å². The molecule has 128 valence electrons. The second kappa shape index (κ2) is 4.71. The maximum atomic E-state index is 13.7. The van der Waals surface area contributed by atoms with Crippen molar-refractivity contribution >= 4 is 11.0 Å². The highest BCUT2D eigenvalue weighted by Crippen LogP contribution is 2.52. The Labute approximate surface area is 119 Å². The molecule has 2 rings (SSSR count). The van der Waals surface area contributed by atoms with Crippen LogP contribution in [0.3, 0.4) is 0 Å². The zero-order chi connectivity index (χ0) is 17.8. The number of fused-ring (bicyclic) bond motifs is 1. The molecule has 23 heavy (non-hydrogen) atoms. The molecule has 3 nitrogen and oxygen atoms in total. The Morgan fingerprint density at radius 3 is 1.78 bits per heavy atom. The van der Waals surface area contributed by atoms with Crippen molar-refractivity contribution in [3.05, 3.63) is 23.8 Å². The number of aromatic amines is 1. The Balaban J connectivity index is 2.67. The standard InChI is InChI=1S/C10H3F10N3/c11-7(9(15,16)17,10(18,19)20)5-1-3-4(2-21-5)23-6(22-3)8(12,13)14/h1-2H,(H,22,23). The van der Waals surface area contributed by atoms with Gasteiger partial charge in [-0.05, 0) is 6.07 Å². The Hall–Kier alpha value is -2.08. The zero-order valence-corrected chi connectivity index (χ0v) is 10.3. The third kappa shape index (κ3) is 2.67. The largest absolute Gasteiger partial charge is 0.449 e. The van der Waals surface area contributed by atoms with E-state index in [4.69, 9.17) is 0 Å². The molecule has 13 heteroatoms. The summed E-state index contributed by atoms with van der Waals surface area (Å²) in [7, 11) is 0. The lowest BCUT2D eigenvalue weighted by molar-refractivity contribution is -0.349. The molecular weight excluding hydrogens is 352 g/mol. The molecule has 2 aromatic rings. The van der Waals surface area contributed by atoms with Gasteiger partial charge in [0, 0.05) is 0 Å². The molecule has 0 amide bonds. The van der Waals surface area contributed by atoms with Crippen LogP contribution in [-0.2, 0) is 11.8 Å². The fourth-order valence-corrected chi connectivity index (χ4v) is 1.68. The van der Waals surface area contributed by atoms with Crippen molar-refractivity contribution in [2.75, 3.05) is 0 Å². The van der Waals surface area contributed by atoms with Crippen LogP contribution in [0.15, 0.2) is 12.3 Å². The summed E-state index contributed by atoms with van der Waals surface area (Å²) in [6, 6.07) is -0.137. The van der Waals surface area contributed by atoms with E-state index in [9.17, 15) is 43.9 Å². The third-order valence-corrected chi connectivity index (χ3v) is 2.77. The molecule has 0 atom stereocenters. The lowest BCUT2D eigenvalue weighted by Crippen LogP contribution is -2.50. The van der Waals surface area contributed by atoms with E-state index in [0.717, 1.165) is 0 Å². The molecule has 1 N–H and O–H groups in total. The first-order chi connectivity index (χ1) is 10.2. The Morgan fingerprint density at radius 2 is 1.35 bits per heavy atom. The first kappa shape index (κ1) is 17.3. The molecule has 0 saturated heterocycles. The molecule has 0 aliphatic carbocycles.